The number of rotatable bonds is 2. The largest absolute Gasteiger partial charge is 0.496 e. The molecular weight excluding hydrogens is 328 g/mol. The van der Waals surface area contributed by atoms with Crippen LogP contribution in [0.15, 0.2) is 18.2 Å². The van der Waals surface area contributed by atoms with Crippen LogP contribution < -0.4 is 4.74 Å². The van der Waals surface area contributed by atoms with Crippen molar-refractivity contribution < 1.29 is 19.1 Å². The first kappa shape index (κ1) is 17.6. The lowest BCUT2D eigenvalue weighted by Crippen LogP contribution is -2.61. The third-order valence-corrected chi connectivity index (χ3v) is 7.44. The lowest BCUT2D eigenvalue weighted by molar-refractivity contribution is -0.206. The minimum Gasteiger partial charge on any atom is -0.496 e. The topological polar surface area (TPSA) is 52.6 Å². The Hall–Kier alpha value is -1.84. The van der Waals surface area contributed by atoms with Gasteiger partial charge in [-0.05, 0) is 61.1 Å². The molecule has 0 amide bonds. The maximum Gasteiger partial charge on any atom is 0.303 e. The molecule has 0 unspecified atom stereocenters. The third-order valence-electron chi connectivity index (χ3n) is 7.44. The zero-order valence-corrected chi connectivity index (χ0v) is 16.0. The molecule has 4 atom stereocenters. The number of hydrogen-bond acceptors (Lipinski definition) is 4. The number of carbonyl (C=O) groups is 2. The van der Waals surface area contributed by atoms with Crippen LogP contribution in [0.2, 0.25) is 0 Å². The van der Waals surface area contributed by atoms with Crippen LogP contribution >= 0.6 is 0 Å². The van der Waals surface area contributed by atoms with Gasteiger partial charge in [-0.3, -0.25) is 9.59 Å². The number of ether oxygens (including phenoxy) is 2. The molecule has 4 heteroatoms. The second-order valence-electron chi connectivity index (χ2n) is 8.54. The molecule has 3 aliphatic rings. The first-order chi connectivity index (χ1) is 12.4. The first-order valence-corrected chi connectivity index (χ1v) is 9.77. The Morgan fingerprint density at radius 3 is 2.73 bits per heavy atom. The van der Waals surface area contributed by atoms with Crippen molar-refractivity contribution in [1.82, 2.24) is 0 Å². The molecule has 0 heterocycles. The van der Waals surface area contributed by atoms with Crippen molar-refractivity contribution >= 4 is 11.8 Å². The Kier molecular flexibility index (Phi) is 4.13. The van der Waals surface area contributed by atoms with E-state index < -0.39 is 5.60 Å². The average Bonchev–Trinajstić information content (AvgIpc) is 2.61. The van der Waals surface area contributed by atoms with Gasteiger partial charge in [0.1, 0.15) is 17.1 Å². The molecule has 3 aliphatic carbocycles. The summed E-state index contributed by atoms with van der Waals surface area (Å²) in [5.41, 5.74) is 1.98. The average molecular weight is 356 g/mol. The Morgan fingerprint density at radius 2 is 2.00 bits per heavy atom. The van der Waals surface area contributed by atoms with Crippen LogP contribution in [0.4, 0.5) is 0 Å². The Morgan fingerprint density at radius 1 is 1.19 bits per heavy atom. The van der Waals surface area contributed by atoms with Crippen molar-refractivity contribution in [2.45, 2.75) is 70.3 Å². The highest BCUT2D eigenvalue weighted by Gasteiger charge is 2.62. The summed E-state index contributed by atoms with van der Waals surface area (Å²) in [5.74, 6) is 1.85. The van der Waals surface area contributed by atoms with E-state index in [2.05, 4.69) is 19.1 Å². The molecular formula is C22H28O4. The van der Waals surface area contributed by atoms with E-state index in [-0.39, 0.29) is 17.2 Å². The predicted molar refractivity (Wildman–Crippen MR) is 98.2 cm³/mol. The van der Waals surface area contributed by atoms with E-state index in [1.54, 1.807) is 7.11 Å². The van der Waals surface area contributed by atoms with Crippen LogP contribution in [-0.2, 0) is 20.7 Å². The summed E-state index contributed by atoms with van der Waals surface area (Å²) in [5, 5.41) is 0. The lowest BCUT2D eigenvalue weighted by atomic mass is 9.47. The molecule has 140 valence electrons. The molecule has 0 spiro atoms. The number of carbonyl (C=O) groups excluding carboxylic acids is 2. The van der Waals surface area contributed by atoms with Gasteiger partial charge in [-0.15, -0.1) is 0 Å². The van der Waals surface area contributed by atoms with Gasteiger partial charge in [0.2, 0.25) is 0 Å². The number of esters is 1. The predicted octanol–water partition coefficient (Wildman–Crippen LogP) is 4.20. The highest BCUT2D eigenvalue weighted by molar-refractivity contribution is 5.81. The molecule has 26 heavy (non-hydrogen) atoms. The summed E-state index contributed by atoms with van der Waals surface area (Å²) in [7, 11) is 1.74. The molecule has 4 rings (SSSR count). The van der Waals surface area contributed by atoms with E-state index in [0.717, 1.165) is 37.9 Å². The molecule has 0 bridgehead atoms. The monoisotopic (exact) mass is 356 g/mol. The summed E-state index contributed by atoms with van der Waals surface area (Å²) >= 11 is 0. The maximum absolute atomic E-state index is 12.3. The van der Waals surface area contributed by atoms with Crippen molar-refractivity contribution in [3.05, 3.63) is 29.3 Å². The fraction of sp³-hybridized carbons (Fsp3) is 0.636. The van der Waals surface area contributed by atoms with Crippen LogP contribution in [0.1, 0.15) is 69.4 Å². The van der Waals surface area contributed by atoms with Crippen molar-refractivity contribution in [3.8, 4) is 5.75 Å². The second kappa shape index (κ2) is 6.11. The Labute approximate surface area is 155 Å². The molecule has 0 aliphatic heterocycles. The summed E-state index contributed by atoms with van der Waals surface area (Å²) in [6, 6.07) is 6.37. The smallest absolute Gasteiger partial charge is 0.303 e. The van der Waals surface area contributed by atoms with E-state index in [0.29, 0.717) is 24.7 Å². The highest BCUT2D eigenvalue weighted by atomic mass is 16.6. The second-order valence-corrected chi connectivity index (χ2v) is 8.54. The number of hydrogen-bond donors (Lipinski definition) is 0. The third kappa shape index (κ3) is 2.41. The first-order valence-electron chi connectivity index (χ1n) is 9.77. The zero-order valence-electron chi connectivity index (χ0n) is 16.0. The molecule has 2 fully saturated rings. The molecule has 0 saturated heterocycles. The van der Waals surface area contributed by atoms with Crippen LogP contribution in [0.25, 0.3) is 0 Å². The molecule has 1 aromatic rings. The minimum absolute atomic E-state index is 0.143. The van der Waals surface area contributed by atoms with Crippen LogP contribution in [0.3, 0.4) is 0 Å². The van der Waals surface area contributed by atoms with Crippen molar-refractivity contribution in [1.29, 1.82) is 0 Å². The van der Waals surface area contributed by atoms with E-state index in [1.807, 2.05) is 6.07 Å². The van der Waals surface area contributed by atoms with Gasteiger partial charge >= 0.3 is 5.97 Å². The van der Waals surface area contributed by atoms with Gasteiger partial charge in [0.05, 0.1) is 7.11 Å². The van der Waals surface area contributed by atoms with Gasteiger partial charge < -0.3 is 9.47 Å². The van der Waals surface area contributed by atoms with E-state index in [9.17, 15) is 9.59 Å². The van der Waals surface area contributed by atoms with Crippen LogP contribution in [0.5, 0.6) is 5.75 Å². The lowest BCUT2D eigenvalue weighted by Gasteiger charge is -2.60. The quantitative estimate of drug-likeness (QED) is 0.746. The zero-order chi connectivity index (χ0) is 18.5. The standard InChI is InChI=1S/C22H28O4/c1-14(23)26-22-12-10-17-16-5-4-6-20(25-3)18(16)7-8-19(17)21(22,2)11-9-15(24)13-22/h4-6,17,19H,7-13H2,1-3H3/t17-,19-,21-,22+/m1/s1. The molecule has 0 N–H and O–H groups in total. The normalized spacial score (nSPS) is 35.7. The van der Waals surface area contributed by atoms with Crippen LogP contribution in [-0.4, -0.2) is 24.5 Å². The SMILES string of the molecule is COc1cccc2c1CC[C@@H]1[C@@H]2CC[C@]2(OC(C)=O)CC(=O)CC[C@]12C. The highest BCUT2D eigenvalue weighted by Crippen LogP contribution is 2.63. The summed E-state index contributed by atoms with van der Waals surface area (Å²) < 4.78 is 11.6. The van der Waals surface area contributed by atoms with Gasteiger partial charge in [0.25, 0.3) is 0 Å². The van der Waals surface area contributed by atoms with E-state index >= 15 is 0 Å². The fourth-order valence-electron chi connectivity index (χ4n) is 6.23. The number of fused-ring (bicyclic) bond motifs is 5. The van der Waals surface area contributed by atoms with Gasteiger partial charge in [-0.25, -0.2) is 0 Å². The number of benzene rings is 1. The molecule has 0 radical (unpaired) electrons. The molecule has 1 aromatic carbocycles. The van der Waals surface area contributed by atoms with Crippen molar-refractivity contribution in [3.63, 3.8) is 0 Å². The van der Waals surface area contributed by atoms with E-state index in [4.69, 9.17) is 9.47 Å². The fourth-order valence-corrected chi connectivity index (χ4v) is 6.23. The summed E-state index contributed by atoms with van der Waals surface area (Å²) in [6.07, 6.45) is 5.59. The van der Waals surface area contributed by atoms with Gasteiger partial charge in [0.15, 0.2) is 0 Å². The van der Waals surface area contributed by atoms with Crippen molar-refractivity contribution in [2.24, 2.45) is 11.3 Å². The van der Waals surface area contributed by atoms with Gasteiger partial charge in [-0.2, -0.15) is 0 Å². The van der Waals surface area contributed by atoms with Gasteiger partial charge in [0, 0.05) is 25.2 Å². The molecule has 2 saturated carbocycles. The number of methoxy groups -OCH3 is 1. The van der Waals surface area contributed by atoms with Gasteiger partial charge in [-0.1, -0.05) is 19.1 Å². The minimum atomic E-state index is -0.619. The van der Waals surface area contributed by atoms with E-state index in [1.165, 1.54) is 18.1 Å². The summed E-state index contributed by atoms with van der Waals surface area (Å²) in [4.78, 5) is 24.2. The maximum atomic E-state index is 12.3. The van der Waals surface area contributed by atoms with Crippen LogP contribution in [0, 0.1) is 11.3 Å². The Balaban J connectivity index is 1.77. The molecule has 4 nitrogen and oxygen atoms in total. The number of ketones is 1. The summed E-state index contributed by atoms with van der Waals surface area (Å²) in [6.45, 7) is 3.74. The van der Waals surface area contributed by atoms with Crippen molar-refractivity contribution in [2.75, 3.05) is 7.11 Å². The molecule has 0 aromatic heterocycles. The Bertz CT molecular complexity index is 751. The number of Topliss-reactive ketones (excluding diaryl/α,β-unsaturated/α-hetero) is 1.